The van der Waals surface area contributed by atoms with Crippen molar-refractivity contribution in [2.24, 2.45) is 11.5 Å². The number of phenols is 1. The number of benzene rings is 2. The van der Waals surface area contributed by atoms with Gasteiger partial charge in [0, 0.05) is 28.2 Å². The van der Waals surface area contributed by atoms with Crippen molar-refractivity contribution in [1.29, 1.82) is 0 Å². The highest BCUT2D eigenvalue weighted by Gasteiger charge is 2.27. The van der Waals surface area contributed by atoms with Gasteiger partial charge in [-0.3, -0.25) is 0 Å². The molecule has 0 radical (unpaired) electrons. The third-order valence-electron chi connectivity index (χ3n) is 4.43. The molecule has 2 unspecified atom stereocenters. The molecule has 6 heteroatoms. The van der Waals surface area contributed by atoms with Crippen molar-refractivity contribution in [3.8, 4) is 5.75 Å². The minimum Gasteiger partial charge on any atom is -0.508 e. The minimum absolute atomic E-state index is 0.205. The van der Waals surface area contributed by atoms with Gasteiger partial charge in [-0.05, 0) is 48.9 Å². The normalized spacial score (nSPS) is 14.8. The van der Waals surface area contributed by atoms with Crippen molar-refractivity contribution in [2.75, 3.05) is 5.32 Å². The van der Waals surface area contributed by atoms with Crippen LogP contribution in [0.5, 0.6) is 5.75 Å². The summed E-state index contributed by atoms with van der Waals surface area (Å²) in [6, 6.07) is 11.8. The molecule has 2 atom stereocenters. The van der Waals surface area contributed by atoms with Gasteiger partial charge in [0.25, 0.3) is 0 Å². The van der Waals surface area contributed by atoms with E-state index in [0.717, 1.165) is 16.9 Å². The van der Waals surface area contributed by atoms with Crippen molar-refractivity contribution >= 4 is 28.9 Å². The van der Waals surface area contributed by atoms with E-state index in [0.29, 0.717) is 10.0 Å². The van der Waals surface area contributed by atoms with Crippen LogP contribution in [-0.4, -0.2) is 17.2 Å². The smallest absolute Gasteiger partial charge is 0.115 e. The second-order valence-corrected chi connectivity index (χ2v) is 7.78. The first-order chi connectivity index (χ1) is 12.1. The van der Waals surface area contributed by atoms with Gasteiger partial charge in [-0.1, -0.05) is 49.2 Å². The van der Waals surface area contributed by atoms with Crippen LogP contribution in [0.25, 0.3) is 0 Å². The molecule has 140 valence electrons. The summed E-state index contributed by atoms with van der Waals surface area (Å²) in [4.78, 5) is 0. The van der Waals surface area contributed by atoms with Crippen LogP contribution in [0.4, 0.5) is 5.69 Å². The van der Waals surface area contributed by atoms with Crippen molar-refractivity contribution in [3.63, 3.8) is 0 Å². The summed E-state index contributed by atoms with van der Waals surface area (Å²) in [5.74, 6) is 0.219. The molecular formula is C20H25Cl2N3O. The second kappa shape index (κ2) is 8.31. The zero-order chi connectivity index (χ0) is 19.5. The Morgan fingerprint density at radius 3 is 2.27 bits per heavy atom. The zero-order valence-electron chi connectivity index (χ0n) is 15.1. The number of halogens is 2. The van der Waals surface area contributed by atoms with Crippen molar-refractivity contribution < 1.29 is 5.11 Å². The summed E-state index contributed by atoms with van der Waals surface area (Å²) >= 11 is 12.3. The van der Waals surface area contributed by atoms with E-state index >= 15 is 0 Å². The molecule has 0 saturated carbocycles. The topological polar surface area (TPSA) is 84.3 Å². The van der Waals surface area contributed by atoms with Gasteiger partial charge in [-0.2, -0.15) is 0 Å². The lowest BCUT2D eigenvalue weighted by molar-refractivity contribution is 0.474. The van der Waals surface area contributed by atoms with E-state index in [1.54, 1.807) is 24.3 Å². The van der Waals surface area contributed by atoms with Crippen LogP contribution in [0.1, 0.15) is 26.3 Å². The van der Waals surface area contributed by atoms with Gasteiger partial charge in [-0.25, -0.2) is 0 Å². The molecule has 2 aromatic rings. The maximum Gasteiger partial charge on any atom is 0.115 e. The molecule has 0 spiro atoms. The Morgan fingerprint density at radius 1 is 1.12 bits per heavy atom. The Hall–Kier alpha value is -1.72. The monoisotopic (exact) mass is 393 g/mol. The van der Waals surface area contributed by atoms with E-state index < -0.39 is 5.41 Å². The summed E-state index contributed by atoms with van der Waals surface area (Å²) in [6.07, 6.45) is 1.92. The summed E-state index contributed by atoms with van der Waals surface area (Å²) in [5.41, 5.74) is 14.3. The Kier molecular flexibility index (Phi) is 6.58. The summed E-state index contributed by atoms with van der Waals surface area (Å²) in [7, 11) is 0. The fourth-order valence-corrected chi connectivity index (χ4v) is 2.98. The van der Waals surface area contributed by atoms with Gasteiger partial charge < -0.3 is 21.9 Å². The molecule has 0 fully saturated rings. The summed E-state index contributed by atoms with van der Waals surface area (Å²) in [5, 5.41) is 14.0. The largest absolute Gasteiger partial charge is 0.508 e. The summed E-state index contributed by atoms with van der Waals surface area (Å²) in [6.45, 7) is 5.99. The molecule has 6 N–H and O–H groups in total. The Labute approximate surface area is 164 Å². The minimum atomic E-state index is -0.427. The first kappa shape index (κ1) is 20.6. The highest BCUT2D eigenvalue weighted by atomic mass is 35.5. The Balaban J connectivity index is 2.47. The van der Waals surface area contributed by atoms with Crippen LogP contribution in [0.15, 0.2) is 54.2 Å². The molecule has 0 aliphatic heterocycles. The first-order valence-electron chi connectivity index (χ1n) is 8.36. The lowest BCUT2D eigenvalue weighted by Gasteiger charge is -2.31. The predicted molar refractivity (Wildman–Crippen MR) is 111 cm³/mol. The molecule has 0 heterocycles. The lowest BCUT2D eigenvalue weighted by Crippen LogP contribution is -2.39. The van der Waals surface area contributed by atoms with Gasteiger partial charge in [-0.15, -0.1) is 0 Å². The van der Waals surface area contributed by atoms with Crippen LogP contribution in [0.3, 0.4) is 0 Å². The van der Waals surface area contributed by atoms with Gasteiger partial charge in [0.15, 0.2) is 0 Å². The van der Waals surface area contributed by atoms with Crippen molar-refractivity contribution in [1.82, 2.24) is 0 Å². The number of hydrogen-bond donors (Lipinski definition) is 4. The quantitative estimate of drug-likeness (QED) is 0.575. The van der Waals surface area contributed by atoms with Gasteiger partial charge in [0.05, 0.1) is 10.7 Å². The highest BCUT2D eigenvalue weighted by molar-refractivity contribution is 6.36. The molecule has 2 rings (SSSR count). The fourth-order valence-electron chi connectivity index (χ4n) is 2.52. The number of hydrogen-bond acceptors (Lipinski definition) is 4. The van der Waals surface area contributed by atoms with E-state index in [1.165, 1.54) is 0 Å². The Morgan fingerprint density at radius 2 is 1.73 bits per heavy atom. The fraction of sp³-hybridized carbons (Fsp3) is 0.300. The van der Waals surface area contributed by atoms with Crippen LogP contribution >= 0.6 is 23.2 Å². The number of allylic oxidation sites excluding steroid dienone is 1. The maximum atomic E-state index is 9.58. The van der Waals surface area contributed by atoms with Crippen molar-refractivity contribution in [3.05, 3.63) is 69.8 Å². The molecule has 0 aliphatic carbocycles. The molecule has 0 aliphatic rings. The van der Waals surface area contributed by atoms with Crippen molar-refractivity contribution in [2.45, 2.75) is 38.3 Å². The van der Waals surface area contributed by atoms with E-state index in [9.17, 15) is 5.11 Å². The number of rotatable bonds is 6. The average molecular weight is 394 g/mol. The molecule has 4 nitrogen and oxygen atoms in total. The zero-order valence-corrected chi connectivity index (χ0v) is 16.6. The van der Waals surface area contributed by atoms with Gasteiger partial charge in [0.2, 0.25) is 0 Å². The number of nitrogens with two attached hydrogens (primary N) is 2. The molecule has 0 saturated heterocycles. The van der Waals surface area contributed by atoms with Crippen LogP contribution in [0, 0.1) is 0 Å². The number of aromatic hydroxyl groups is 1. The summed E-state index contributed by atoms with van der Waals surface area (Å²) < 4.78 is 0. The number of nitrogens with one attached hydrogen (secondary N) is 1. The van der Waals surface area contributed by atoms with Crippen LogP contribution in [-0.2, 0) is 5.41 Å². The van der Waals surface area contributed by atoms with E-state index in [-0.39, 0.29) is 17.8 Å². The second-order valence-electron chi connectivity index (χ2n) is 6.94. The van der Waals surface area contributed by atoms with Crippen LogP contribution < -0.4 is 16.8 Å². The van der Waals surface area contributed by atoms with E-state index in [1.807, 2.05) is 31.2 Å². The third kappa shape index (κ3) is 4.92. The standard InChI is InChI=1S/C20H25Cl2N3O/c1-12(23)17(24)11-19(25-18-9-6-14(21)10-16(18)22)20(2,3)13-4-7-15(26)8-5-13/h4-12,17,25-26H,23-24H2,1-3H3/b19-11-. The van der Waals surface area contributed by atoms with E-state index in [2.05, 4.69) is 19.2 Å². The first-order valence-corrected chi connectivity index (χ1v) is 9.12. The maximum absolute atomic E-state index is 9.58. The highest BCUT2D eigenvalue weighted by Crippen LogP contribution is 2.35. The molecule has 0 bridgehead atoms. The lowest BCUT2D eigenvalue weighted by atomic mass is 9.80. The molecule has 2 aromatic carbocycles. The molecule has 26 heavy (non-hydrogen) atoms. The number of phenolic OH excluding ortho intramolecular Hbond substituents is 1. The molecule has 0 aromatic heterocycles. The van der Waals surface area contributed by atoms with Gasteiger partial charge >= 0.3 is 0 Å². The van der Waals surface area contributed by atoms with Gasteiger partial charge in [0.1, 0.15) is 5.75 Å². The molecule has 0 amide bonds. The SMILES string of the molecule is CC(N)C(N)/C=C(\Nc1ccc(Cl)cc1Cl)C(C)(C)c1ccc(O)cc1. The third-order valence-corrected chi connectivity index (χ3v) is 4.98. The predicted octanol–water partition coefficient (Wildman–Crippen LogP) is 4.65. The Bertz CT molecular complexity index is 786. The van der Waals surface area contributed by atoms with Crippen LogP contribution in [0.2, 0.25) is 10.0 Å². The molecular weight excluding hydrogens is 369 g/mol. The van der Waals surface area contributed by atoms with E-state index in [4.69, 9.17) is 34.7 Å². The number of anilines is 1. The average Bonchev–Trinajstić information content (AvgIpc) is 2.56.